The van der Waals surface area contributed by atoms with Crippen LogP contribution >= 0.6 is 0 Å². The first kappa shape index (κ1) is 13.1. The highest BCUT2D eigenvalue weighted by Crippen LogP contribution is 2.35. The van der Waals surface area contributed by atoms with Crippen molar-refractivity contribution in [3.05, 3.63) is 35.4 Å². The molecule has 0 spiro atoms. The zero-order valence-corrected chi connectivity index (χ0v) is 11.8. The van der Waals surface area contributed by atoms with Crippen molar-refractivity contribution in [3.63, 3.8) is 0 Å². The van der Waals surface area contributed by atoms with Gasteiger partial charge in [-0.2, -0.15) is 0 Å². The van der Waals surface area contributed by atoms with E-state index in [4.69, 9.17) is 4.74 Å². The number of hydrogen-bond acceptors (Lipinski definition) is 3. The second-order valence-electron chi connectivity index (χ2n) is 5.63. The third-order valence-corrected chi connectivity index (χ3v) is 4.40. The second-order valence-corrected chi connectivity index (χ2v) is 5.63. The summed E-state index contributed by atoms with van der Waals surface area (Å²) in [6.07, 6.45) is 1.25. The van der Waals surface area contributed by atoms with Crippen molar-refractivity contribution in [3.8, 4) is 0 Å². The van der Waals surface area contributed by atoms with Crippen molar-refractivity contribution in [2.75, 3.05) is 39.4 Å². The van der Waals surface area contributed by atoms with Crippen LogP contribution in [0.2, 0.25) is 0 Å². The Hall–Kier alpha value is -0.900. The van der Waals surface area contributed by atoms with Crippen molar-refractivity contribution in [2.45, 2.75) is 25.3 Å². The van der Waals surface area contributed by atoms with E-state index in [1.165, 1.54) is 13.0 Å². The van der Waals surface area contributed by atoms with Gasteiger partial charge in [0.2, 0.25) is 0 Å². The van der Waals surface area contributed by atoms with Gasteiger partial charge in [0.25, 0.3) is 0 Å². The lowest BCUT2D eigenvalue weighted by atomic mass is 9.77. The summed E-state index contributed by atoms with van der Waals surface area (Å²) < 4.78 is 5.63. The van der Waals surface area contributed by atoms with E-state index < -0.39 is 0 Å². The van der Waals surface area contributed by atoms with E-state index >= 15 is 0 Å². The van der Waals surface area contributed by atoms with Gasteiger partial charge in [0, 0.05) is 31.6 Å². The number of nitrogens with zero attached hydrogens (tertiary/aromatic N) is 1. The molecule has 19 heavy (non-hydrogen) atoms. The number of likely N-dealkylation sites (N-methyl/N-ethyl adjacent to an activating group) is 1. The summed E-state index contributed by atoms with van der Waals surface area (Å²) in [5.74, 6) is 0.735. The van der Waals surface area contributed by atoms with Gasteiger partial charge in [-0.15, -0.1) is 0 Å². The Balaban J connectivity index is 1.59. The molecule has 104 valence electrons. The van der Waals surface area contributed by atoms with E-state index in [2.05, 4.69) is 41.4 Å². The van der Waals surface area contributed by atoms with Gasteiger partial charge >= 0.3 is 0 Å². The van der Waals surface area contributed by atoms with Crippen LogP contribution in [0.5, 0.6) is 0 Å². The molecule has 1 N–H and O–H groups in total. The Kier molecular flexibility index (Phi) is 4.16. The first-order valence-electron chi connectivity index (χ1n) is 7.48. The van der Waals surface area contributed by atoms with Crippen LogP contribution in [0, 0.1) is 0 Å². The average molecular weight is 260 g/mol. The SMILES string of the molecule is CCNCC1COCCN1CC1Cc2ccccc21. The van der Waals surface area contributed by atoms with Crippen LogP contribution in [0.3, 0.4) is 0 Å². The predicted octanol–water partition coefficient (Wildman–Crippen LogP) is 1.64. The highest BCUT2D eigenvalue weighted by molar-refractivity contribution is 5.40. The highest BCUT2D eigenvalue weighted by atomic mass is 16.5. The molecule has 1 heterocycles. The first-order valence-corrected chi connectivity index (χ1v) is 7.48. The maximum atomic E-state index is 5.63. The Bertz CT molecular complexity index is 421. The van der Waals surface area contributed by atoms with Gasteiger partial charge in [-0.1, -0.05) is 31.2 Å². The van der Waals surface area contributed by atoms with Crippen molar-refractivity contribution < 1.29 is 4.74 Å². The quantitative estimate of drug-likeness (QED) is 0.871. The van der Waals surface area contributed by atoms with Gasteiger partial charge in [-0.05, 0) is 24.1 Å². The molecular weight excluding hydrogens is 236 g/mol. The number of ether oxygens (including phenoxy) is 1. The summed E-state index contributed by atoms with van der Waals surface area (Å²) in [6.45, 7) is 8.28. The fraction of sp³-hybridized carbons (Fsp3) is 0.625. The van der Waals surface area contributed by atoms with Gasteiger partial charge in [0.15, 0.2) is 0 Å². The molecule has 0 bridgehead atoms. The van der Waals surface area contributed by atoms with Gasteiger partial charge in [-0.3, -0.25) is 4.90 Å². The number of fused-ring (bicyclic) bond motifs is 1. The van der Waals surface area contributed by atoms with Crippen LogP contribution in [-0.2, 0) is 11.2 Å². The van der Waals surface area contributed by atoms with Crippen LogP contribution < -0.4 is 5.32 Å². The molecule has 1 aromatic carbocycles. The second kappa shape index (κ2) is 6.04. The van der Waals surface area contributed by atoms with Crippen molar-refractivity contribution >= 4 is 0 Å². The summed E-state index contributed by atoms with van der Waals surface area (Å²) >= 11 is 0. The summed E-state index contributed by atoms with van der Waals surface area (Å²) in [5.41, 5.74) is 3.11. The van der Waals surface area contributed by atoms with Crippen molar-refractivity contribution in [2.24, 2.45) is 0 Å². The molecule has 3 nitrogen and oxygen atoms in total. The minimum atomic E-state index is 0.543. The minimum absolute atomic E-state index is 0.543. The van der Waals surface area contributed by atoms with Crippen LogP contribution in [0.25, 0.3) is 0 Å². The molecule has 1 aliphatic carbocycles. The maximum Gasteiger partial charge on any atom is 0.0634 e. The Morgan fingerprint density at radius 1 is 1.37 bits per heavy atom. The lowest BCUT2D eigenvalue weighted by Gasteiger charge is -2.41. The van der Waals surface area contributed by atoms with Gasteiger partial charge < -0.3 is 10.1 Å². The van der Waals surface area contributed by atoms with Crippen LogP contribution in [0.15, 0.2) is 24.3 Å². The number of hydrogen-bond donors (Lipinski definition) is 1. The van der Waals surface area contributed by atoms with E-state index in [1.807, 2.05) is 0 Å². The monoisotopic (exact) mass is 260 g/mol. The van der Waals surface area contributed by atoms with Crippen molar-refractivity contribution in [1.29, 1.82) is 0 Å². The van der Waals surface area contributed by atoms with E-state index in [-0.39, 0.29) is 0 Å². The first-order chi connectivity index (χ1) is 9.38. The number of rotatable bonds is 5. The lowest BCUT2D eigenvalue weighted by molar-refractivity contribution is -0.0102. The van der Waals surface area contributed by atoms with E-state index in [1.54, 1.807) is 11.1 Å². The van der Waals surface area contributed by atoms with E-state index in [9.17, 15) is 0 Å². The van der Waals surface area contributed by atoms with Gasteiger partial charge in [0.05, 0.1) is 13.2 Å². The number of nitrogens with one attached hydrogen (secondary N) is 1. The van der Waals surface area contributed by atoms with E-state index in [0.29, 0.717) is 6.04 Å². The molecule has 3 rings (SSSR count). The zero-order chi connectivity index (χ0) is 13.1. The molecule has 2 aliphatic rings. The number of benzene rings is 1. The summed E-state index contributed by atoms with van der Waals surface area (Å²) in [4.78, 5) is 2.62. The van der Waals surface area contributed by atoms with Crippen LogP contribution in [0.1, 0.15) is 24.0 Å². The molecular formula is C16H24N2O. The molecule has 1 aromatic rings. The normalized spacial score (nSPS) is 26.8. The van der Waals surface area contributed by atoms with Gasteiger partial charge in [0.1, 0.15) is 0 Å². The molecule has 1 fully saturated rings. The maximum absolute atomic E-state index is 5.63. The third kappa shape index (κ3) is 2.83. The lowest BCUT2D eigenvalue weighted by Crippen LogP contribution is -2.52. The topological polar surface area (TPSA) is 24.5 Å². The molecule has 1 aliphatic heterocycles. The Labute approximate surface area is 115 Å². The zero-order valence-electron chi connectivity index (χ0n) is 11.8. The molecule has 2 unspecified atom stereocenters. The predicted molar refractivity (Wildman–Crippen MR) is 77.6 cm³/mol. The third-order valence-electron chi connectivity index (χ3n) is 4.40. The molecule has 0 radical (unpaired) electrons. The van der Waals surface area contributed by atoms with E-state index in [0.717, 1.165) is 38.8 Å². The molecule has 0 aromatic heterocycles. The van der Waals surface area contributed by atoms with Crippen LogP contribution in [0.4, 0.5) is 0 Å². The summed E-state index contributed by atoms with van der Waals surface area (Å²) in [6, 6.07) is 9.42. The van der Waals surface area contributed by atoms with Crippen LogP contribution in [-0.4, -0.2) is 50.3 Å². The average Bonchev–Trinajstić information content (AvgIpc) is 2.43. The Morgan fingerprint density at radius 3 is 3.11 bits per heavy atom. The smallest absolute Gasteiger partial charge is 0.0634 e. The number of morpholine rings is 1. The molecule has 0 saturated carbocycles. The largest absolute Gasteiger partial charge is 0.378 e. The fourth-order valence-electron chi connectivity index (χ4n) is 3.24. The molecule has 0 amide bonds. The Morgan fingerprint density at radius 2 is 2.26 bits per heavy atom. The molecule has 3 heteroatoms. The minimum Gasteiger partial charge on any atom is -0.378 e. The fourth-order valence-corrected chi connectivity index (χ4v) is 3.24. The molecule has 2 atom stereocenters. The summed E-state index contributed by atoms with van der Waals surface area (Å²) in [7, 11) is 0. The highest BCUT2D eigenvalue weighted by Gasteiger charge is 2.31. The standard InChI is InChI=1S/C16H24N2O/c1-2-17-10-15-12-19-8-7-18(15)11-14-9-13-5-3-4-6-16(13)14/h3-6,14-15,17H,2,7-12H2,1H3. The summed E-state index contributed by atoms with van der Waals surface area (Å²) in [5, 5.41) is 3.45. The van der Waals surface area contributed by atoms with Gasteiger partial charge in [-0.25, -0.2) is 0 Å². The van der Waals surface area contributed by atoms with Crippen molar-refractivity contribution in [1.82, 2.24) is 10.2 Å². The molecule has 1 saturated heterocycles.